The molecule has 0 unspecified atom stereocenters. The maximum absolute atomic E-state index is 12.3. The number of amides is 1. The van der Waals surface area contributed by atoms with Gasteiger partial charge in [-0.25, -0.2) is 8.42 Å². The third-order valence-electron chi connectivity index (χ3n) is 3.47. The van der Waals surface area contributed by atoms with Crippen molar-refractivity contribution in [2.45, 2.75) is 0 Å². The average molecular weight is 378 g/mol. The Labute approximate surface area is 153 Å². The van der Waals surface area contributed by atoms with Crippen LogP contribution in [0.5, 0.6) is 11.5 Å². The lowest BCUT2D eigenvalue weighted by molar-refractivity contribution is -0.116. The maximum atomic E-state index is 12.3. The number of hydrogen-bond acceptors (Lipinski definition) is 5. The maximum Gasteiger partial charge on any atom is 0.239 e. The fraction of sp³-hybridized carbons (Fsp3) is 0.278. The predicted octanol–water partition coefficient (Wildman–Crippen LogP) is 2.33. The monoisotopic (exact) mass is 378 g/mol. The molecule has 0 saturated heterocycles. The summed E-state index contributed by atoms with van der Waals surface area (Å²) in [7, 11) is -2.05. The van der Waals surface area contributed by atoms with Gasteiger partial charge in [-0.05, 0) is 24.3 Å². The molecule has 0 aliphatic carbocycles. The van der Waals surface area contributed by atoms with Crippen molar-refractivity contribution in [3.05, 3.63) is 54.6 Å². The molecule has 8 heteroatoms. The van der Waals surface area contributed by atoms with Crippen LogP contribution in [-0.4, -0.2) is 51.7 Å². The lowest BCUT2D eigenvalue weighted by atomic mass is 10.3. The van der Waals surface area contributed by atoms with E-state index in [1.807, 2.05) is 18.2 Å². The molecule has 7 nitrogen and oxygen atoms in total. The molecule has 0 radical (unpaired) electrons. The molecule has 0 heterocycles. The van der Waals surface area contributed by atoms with Crippen molar-refractivity contribution < 1.29 is 22.7 Å². The number of carbonyl (C=O) groups is 1. The minimum atomic E-state index is -3.52. The van der Waals surface area contributed by atoms with E-state index in [0.717, 1.165) is 10.6 Å². The van der Waals surface area contributed by atoms with Crippen LogP contribution < -0.4 is 10.1 Å². The molecule has 2 rings (SSSR count). The fourth-order valence-corrected chi connectivity index (χ4v) is 2.94. The van der Waals surface area contributed by atoms with E-state index in [1.165, 1.54) is 7.11 Å². The van der Waals surface area contributed by atoms with Gasteiger partial charge in [0.05, 0.1) is 25.1 Å². The van der Waals surface area contributed by atoms with Crippen LogP contribution in [0.3, 0.4) is 0 Å². The van der Waals surface area contributed by atoms with Gasteiger partial charge in [0.15, 0.2) is 5.75 Å². The molecule has 26 heavy (non-hydrogen) atoms. The quantitative estimate of drug-likeness (QED) is 0.724. The SMILES string of the molecule is COCCN(CC(=O)Nc1ccccc1Oc1ccccc1)S(C)(=O)=O. The molecule has 1 amide bonds. The Balaban J connectivity index is 2.09. The van der Waals surface area contributed by atoms with Crippen LogP contribution >= 0.6 is 0 Å². The number of ether oxygens (including phenoxy) is 2. The molecule has 1 N–H and O–H groups in total. The van der Waals surface area contributed by atoms with Gasteiger partial charge in [-0.2, -0.15) is 4.31 Å². The Morgan fingerprint density at radius 1 is 1.08 bits per heavy atom. The lowest BCUT2D eigenvalue weighted by Crippen LogP contribution is -2.39. The third-order valence-corrected chi connectivity index (χ3v) is 4.72. The van der Waals surface area contributed by atoms with Crippen LogP contribution in [0, 0.1) is 0 Å². The van der Waals surface area contributed by atoms with Crippen molar-refractivity contribution in [2.75, 3.05) is 38.4 Å². The highest BCUT2D eigenvalue weighted by molar-refractivity contribution is 7.88. The van der Waals surface area contributed by atoms with Crippen molar-refractivity contribution in [1.29, 1.82) is 0 Å². The molecule has 0 aliphatic heterocycles. The molecule has 0 fully saturated rings. The van der Waals surface area contributed by atoms with Crippen LogP contribution in [0.25, 0.3) is 0 Å². The van der Waals surface area contributed by atoms with E-state index in [2.05, 4.69) is 5.32 Å². The van der Waals surface area contributed by atoms with Gasteiger partial charge >= 0.3 is 0 Å². The summed E-state index contributed by atoms with van der Waals surface area (Å²) in [4.78, 5) is 12.3. The summed E-state index contributed by atoms with van der Waals surface area (Å²) in [5.41, 5.74) is 0.460. The van der Waals surface area contributed by atoms with Gasteiger partial charge in [0, 0.05) is 13.7 Å². The molecule has 0 spiro atoms. The molecule has 0 atom stereocenters. The van der Waals surface area contributed by atoms with Crippen molar-refractivity contribution in [2.24, 2.45) is 0 Å². The summed E-state index contributed by atoms with van der Waals surface area (Å²) < 4.78 is 35.3. The van der Waals surface area contributed by atoms with Gasteiger partial charge in [0.1, 0.15) is 5.75 Å². The third kappa shape index (κ3) is 6.14. The Morgan fingerprint density at radius 3 is 2.38 bits per heavy atom. The number of carbonyl (C=O) groups excluding carboxylic acids is 1. The zero-order chi connectivity index (χ0) is 19.0. The number of hydrogen-bond donors (Lipinski definition) is 1. The van der Waals surface area contributed by atoms with E-state index in [-0.39, 0.29) is 19.7 Å². The first-order valence-corrected chi connectivity index (χ1v) is 9.81. The minimum absolute atomic E-state index is 0.102. The summed E-state index contributed by atoms with van der Waals surface area (Å²) in [5, 5.41) is 2.70. The number of rotatable bonds is 9. The molecule has 2 aromatic rings. The van der Waals surface area contributed by atoms with E-state index in [9.17, 15) is 13.2 Å². The zero-order valence-corrected chi connectivity index (χ0v) is 15.5. The second-order valence-electron chi connectivity index (χ2n) is 5.55. The van der Waals surface area contributed by atoms with Crippen LogP contribution in [0.15, 0.2) is 54.6 Å². The van der Waals surface area contributed by atoms with Gasteiger partial charge < -0.3 is 14.8 Å². The van der Waals surface area contributed by atoms with Crippen molar-refractivity contribution in [3.63, 3.8) is 0 Å². The summed E-state index contributed by atoms with van der Waals surface area (Å²) in [6.07, 6.45) is 1.06. The van der Waals surface area contributed by atoms with Gasteiger partial charge in [0.2, 0.25) is 15.9 Å². The number of anilines is 1. The molecule has 140 valence electrons. The summed E-state index contributed by atoms with van der Waals surface area (Å²) in [5.74, 6) is 0.637. The first-order chi connectivity index (χ1) is 12.4. The Bertz CT molecular complexity index is 824. The number of benzene rings is 2. The molecule has 0 bridgehead atoms. The van der Waals surface area contributed by atoms with Crippen molar-refractivity contribution in [1.82, 2.24) is 4.31 Å². The topological polar surface area (TPSA) is 84.9 Å². The highest BCUT2D eigenvalue weighted by atomic mass is 32.2. The van der Waals surface area contributed by atoms with E-state index >= 15 is 0 Å². The van der Waals surface area contributed by atoms with Crippen LogP contribution in [-0.2, 0) is 19.6 Å². The highest BCUT2D eigenvalue weighted by Gasteiger charge is 2.20. The number of para-hydroxylation sites is 3. The Hall–Kier alpha value is -2.42. The second kappa shape index (κ2) is 9.33. The van der Waals surface area contributed by atoms with Gasteiger partial charge in [-0.3, -0.25) is 4.79 Å². The van der Waals surface area contributed by atoms with E-state index in [0.29, 0.717) is 17.2 Å². The highest BCUT2D eigenvalue weighted by Crippen LogP contribution is 2.29. The molecule has 0 saturated carbocycles. The fourth-order valence-electron chi connectivity index (χ4n) is 2.18. The standard InChI is InChI=1S/C18H22N2O5S/c1-24-13-12-20(26(2,22)23)14-18(21)19-16-10-6-7-11-17(16)25-15-8-4-3-5-9-15/h3-11H,12-14H2,1-2H3,(H,19,21). The van der Waals surface area contributed by atoms with Crippen molar-refractivity contribution >= 4 is 21.6 Å². The Morgan fingerprint density at radius 2 is 1.73 bits per heavy atom. The smallest absolute Gasteiger partial charge is 0.239 e. The number of methoxy groups -OCH3 is 1. The largest absolute Gasteiger partial charge is 0.455 e. The average Bonchev–Trinajstić information content (AvgIpc) is 2.60. The summed E-state index contributed by atoms with van der Waals surface area (Å²) >= 11 is 0. The molecule has 0 aliphatic rings. The molecule has 2 aromatic carbocycles. The van der Waals surface area contributed by atoms with E-state index < -0.39 is 15.9 Å². The molecular formula is C18H22N2O5S. The second-order valence-corrected chi connectivity index (χ2v) is 7.53. The Kier molecular flexibility index (Phi) is 7.14. The van der Waals surface area contributed by atoms with E-state index in [4.69, 9.17) is 9.47 Å². The number of sulfonamides is 1. The first-order valence-electron chi connectivity index (χ1n) is 7.96. The van der Waals surface area contributed by atoms with Crippen molar-refractivity contribution in [3.8, 4) is 11.5 Å². The minimum Gasteiger partial charge on any atom is -0.455 e. The first kappa shape index (κ1) is 19.9. The number of nitrogens with one attached hydrogen (secondary N) is 1. The van der Waals surface area contributed by atoms with Crippen LogP contribution in [0.1, 0.15) is 0 Å². The van der Waals surface area contributed by atoms with Gasteiger partial charge in [-0.1, -0.05) is 30.3 Å². The van der Waals surface area contributed by atoms with Crippen LogP contribution in [0.4, 0.5) is 5.69 Å². The lowest BCUT2D eigenvalue weighted by Gasteiger charge is -2.19. The summed E-state index contributed by atoms with van der Waals surface area (Å²) in [6.45, 7) is 0.000829. The number of nitrogens with zero attached hydrogens (tertiary/aromatic N) is 1. The van der Waals surface area contributed by atoms with E-state index in [1.54, 1.807) is 36.4 Å². The van der Waals surface area contributed by atoms with Gasteiger partial charge in [0.25, 0.3) is 0 Å². The summed E-state index contributed by atoms with van der Waals surface area (Å²) in [6, 6.07) is 16.1. The normalized spacial score (nSPS) is 11.3. The molecular weight excluding hydrogens is 356 g/mol. The van der Waals surface area contributed by atoms with Gasteiger partial charge in [-0.15, -0.1) is 0 Å². The van der Waals surface area contributed by atoms with Crippen LogP contribution in [0.2, 0.25) is 0 Å². The zero-order valence-electron chi connectivity index (χ0n) is 14.7. The predicted molar refractivity (Wildman–Crippen MR) is 99.9 cm³/mol. The molecule has 0 aromatic heterocycles.